The molecule has 0 aliphatic carbocycles. The summed E-state index contributed by atoms with van der Waals surface area (Å²) in [5.74, 6) is 0.264. The number of nitrogens with zero attached hydrogens (tertiary/aromatic N) is 4. The number of hydrogen-bond donors (Lipinski definition) is 2. The molecular formula is C8H11B2N6O. The molecule has 1 radical (unpaired) electrons. The summed E-state index contributed by atoms with van der Waals surface area (Å²) < 4.78 is 8.55. The number of H-pyrrole nitrogens is 1. The molecule has 0 bridgehead atoms. The molecule has 85 valence electrons. The van der Waals surface area contributed by atoms with Gasteiger partial charge < -0.3 is 0 Å². The van der Waals surface area contributed by atoms with E-state index in [-0.39, 0.29) is 17.5 Å². The van der Waals surface area contributed by atoms with Crippen LogP contribution >= 0.6 is 0 Å². The summed E-state index contributed by atoms with van der Waals surface area (Å²) in [5.41, 5.74) is 0.503. The van der Waals surface area contributed by atoms with Gasteiger partial charge in [0.2, 0.25) is 0 Å². The fourth-order valence-electron chi connectivity index (χ4n) is 1.47. The minimum atomic E-state index is -0.315. The van der Waals surface area contributed by atoms with Gasteiger partial charge >= 0.3 is 99.7 Å². The summed E-state index contributed by atoms with van der Waals surface area (Å²) in [4.78, 5) is 26.1. The third kappa shape index (κ3) is 2.13. The molecule has 0 atom stereocenters. The van der Waals surface area contributed by atoms with Gasteiger partial charge in [-0.05, 0) is 0 Å². The molecule has 0 amide bonds. The van der Waals surface area contributed by atoms with Crippen molar-refractivity contribution in [2.24, 2.45) is 4.81 Å². The molecule has 17 heavy (non-hydrogen) atoms. The van der Waals surface area contributed by atoms with Gasteiger partial charge in [0.25, 0.3) is 0 Å². The van der Waals surface area contributed by atoms with Crippen LogP contribution in [0.25, 0.3) is 11.2 Å². The SMILES string of the molecule is [2H][B]N=BNc1nc2c(ncn2C(C)C)c(=O)[nH]1. The summed E-state index contributed by atoms with van der Waals surface area (Å²) in [7, 11) is 2.15. The van der Waals surface area contributed by atoms with Crippen molar-refractivity contribution in [3.63, 3.8) is 0 Å². The van der Waals surface area contributed by atoms with E-state index in [2.05, 4.69) is 25.0 Å². The van der Waals surface area contributed by atoms with E-state index in [1.807, 2.05) is 18.4 Å². The Kier molecular flexibility index (Phi) is 2.73. The molecule has 9 heteroatoms. The monoisotopic (exact) mass is 230 g/mol. The number of rotatable bonds is 4. The molecule has 7 nitrogen and oxygen atoms in total. The number of hydrogen-bond acceptors (Lipinski definition) is 4. The third-order valence-corrected chi connectivity index (χ3v) is 2.26. The van der Waals surface area contributed by atoms with Gasteiger partial charge in [-0.15, -0.1) is 0 Å². The van der Waals surface area contributed by atoms with Gasteiger partial charge in [0.15, 0.2) is 0 Å². The van der Waals surface area contributed by atoms with E-state index < -0.39 is 0 Å². The van der Waals surface area contributed by atoms with E-state index in [1.54, 1.807) is 6.33 Å². The molecular weight excluding hydrogens is 218 g/mol. The molecule has 0 aliphatic heterocycles. The van der Waals surface area contributed by atoms with Crippen molar-refractivity contribution >= 4 is 32.3 Å². The second kappa shape index (κ2) is 4.52. The first-order valence-electron chi connectivity index (χ1n) is 5.66. The van der Waals surface area contributed by atoms with Gasteiger partial charge in [0, 0.05) is 0 Å². The quantitative estimate of drug-likeness (QED) is 0.707. The Labute approximate surface area is 100 Å². The first kappa shape index (κ1) is 10.2. The molecule has 0 saturated carbocycles. The molecule has 2 aromatic heterocycles. The van der Waals surface area contributed by atoms with E-state index in [9.17, 15) is 4.79 Å². The Morgan fingerprint density at radius 3 is 3.29 bits per heavy atom. The Bertz CT molecular complexity index is 636. The molecule has 2 N–H and O–H groups in total. The van der Waals surface area contributed by atoms with Gasteiger partial charge in [-0.3, -0.25) is 0 Å². The molecule has 2 aromatic rings. The van der Waals surface area contributed by atoms with Gasteiger partial charge in [-0.1, -0.05) is 0 Å². The van der Waals surface area contributed by atoms with Gasteiger partial charge in [-0.25, -0.2) is 0 Å². The van der Waals surface area contributed by atoms with Crippen molar-refractivity contribution in [2.75, 3.05) is 5.23 Å². The van der Waals surface area contributed by atoms with Crippen LogP contribution in [0.1, 0.15) is 19.9 Å². The zero-order valence-electron chi connectivity index (χ0n) is 10.5. The summed E-state index contributed by atoms with van der Waals surface area (Å²) in [6.45, 7) is 3.96. The zero-order chi connectivity index (χ0) is 13.1. The fourth-order valence-corrected chi connectivity index (χ4v) is 1.47. The number of aromatic amines is 1. The van der Waals surface area contributed by atoms with Gasteiger partial charge in [-0.2, -0.15) is 0 Å². The number of nitrogens with one attached hydrogen (secondary N) is 2. The summed E-state index contributed by atoms with van der Waals surface area (Å²) in [6.07, 6.45) is 1.59. The topological polar surface area (TPSA) is 88.0 Å². The van der Waals surface area contributed by atoms with E-state index in [0.29, 0.717) is 11.2 Å². The molecule has 0 aliphatic rings. The van der Waals surface area contributed by atoms with Gasteiger partial charge in [0.05, 0.1) is 0 Å². The van der Waals surface area contributed by atoms with Gasteiger partial charge in [0.1, 0.15) is 0 Å². The number of fused-ring (bicyclic) bond motifs is 1. The molecule has 0 fully saturated rings. The first-order valence-corrected chi connectivity index (χ1v) is 5.08. The van der Waals surface area contributed by atoms with Crippen LogP contribution in [0, 0.1) is 0 Å². The molecule has 2 rings (SSSR count). The van der Waals surface area contributed by atoms with Crippen molar-refractivity contribution in [2.45, 2.75) is 19.9 Å². The Morgan fingerprint density at radius 2 is 2.59 bits per heavy atom. The Hall–Kier alpha value is -1.92. The van der Waals surface area contributed by atoms with Crippen LogP contribution in [-0.2, 0) is 0 Å². The normalized spacial score (nSPS) is 11.8. The van der Waals surface area contributed by atoms with E-state index in [1.165, 1.54) is 7.21 Å². The van der Waals surface area contributed by atoms with E-state index >= 15 is 0 Å². The van der Waals surface area contributed by atoms with Crippen molar-refractivity contribution in [3.8, 4) is 0 Å². The molecule has 0 saturated heterocycles. The van der Waals surface area contributed by atoms with Crippen LogP contribution in [0.2, 0.25) is 0 Å². The Morgan fingerprint density at radius 1 is 1.76 bits per heavy atom. The zero-order valence-corrected chi connectivity index (χ0v) is 9.51. The minimum absolute atomic E-state index is 0.160. The molecule has 0 spiro atoms. The van der Waals surface area contributed by atoms with Crippen LogP contribution in [0.4, 0.5) is 5.95 Å². The van der Waals surface area contributed by atoms with Crippen LogP contribution < -0.4 is 10.8 Å². The van der Waals surface area contributed by atoms with E-state index in [4.69, 9.17) is 1.34 Å². The van der Waals surface area contributed by atoms with Crippen molar-refractivity contribution < 1.29 is 0 Å². The predicted octanol–water partition coefficient (Wildman–Crippen LogP) is -0.269. The predicted molar refractivity (Wildman–Crippen MR) is 67.5 cm³/mol. The number of imidazole rings is 1. The van der Waals surface area contributed by atoms with Crippen molar-refractivity contribution in [1.82, 2.24) is 19.5 Å². The third-order valence-electron chi connectivity index (χ3n) is 2.26. The summed E-state index contributed by atoms with van der Waals surface area (Å²) >= 11 is 0. The average molecular weight is 230 g/mol. The first-order chi connectivity index (χ1) is 8.63. The molecule has 2 heterocycles. The van der Waals surface area contributed by atoms with Crippen LogP contribution in [-0.4, -0.2) is 36.0 Å². The maximum atomic E-state index is 11.8. The second-order valence-electron chi connectivity index (χ2n) is 3.75. The summed E-state index contributed by atoms with van der Waals surface area (Å²) in [6, 6.07) is 0.160. The van der Waals surface area contributed by atoms with E-state index in [0.717, 1.165) is 7.94 Å². The number of anilines is 1. The average Bonchev–Trinajstić information content (AvgIpc) is 2.73. The Balaban J connectivity index is 2.48. The summed E-state index contributed by atoms with van der Waals surface area (Å²) in [5, 5.41) is 2.68. The van der Waals surface area contributed by atoms with Crippen molar-refractivity contribution in [3.05, 3.63) is 16.7 Å². The molecule has 0 aromatic carbocycles. The second-order valence-corrected chi connectivity index (χ2v) is 3.75. The fraction of sp³-hybridized carbons (Fsp3) is 0.375. The molecule has 0 unspecified atom stereocenters. The van der Waals surface area contributed by atoms with Crippen molar-refractivity contribution in [1.29, 1.82) is 1.34 Å². The number of aromatic nitrogens is 4. The standard InChI is InChI=1S/C8H11B2N6O/c1-4(2)16-3-11-5-6(16)12-8(13-7(5)17)14-10-15-9/h3-4,9H,1-2H3,(H2,12,13,14,17)/i9D. The van der Waals surface area contributed by atoms with Crippen LogP contribution in [0.3, 0.4) is 0 Å². The maximum absolute atomic E-state index is 11.8. The van der Waals surface area contributed by atoms with Crippen LogP contribution in [0.5, 0.6) is 0 Å². The van der Waals surface area contributed by atoms with Crippen LogP contribution in [0.15, 0.2) is 15.9 Å².